The van der Waals surface area contributed by atoms with Crippen LogP contribution in [-0.2, 0) is 12.8 Å². The molecule has 3 aromatic rings. The van der Waals surface area contributed by atoms with Crippen molar-refractivity contribution in [1.29, 1.82) is 0 Å². The summed E-state index contributed by atoms with van der Waals surface area (Å²) in [5.74, 6) is 0.802. The minimum atomic E-state index is 0.0458. The van der Waals surface area contributed by atoms with Crippen LogP contribution in [0.4, 0.5) is 0 Å². The van der Waals surface area contributed by atoms with Crippen molar-refractivity contribution in [1.82, 2.24) is 9.88 Å². The lowest BCUT2D eigenvalue weighted by molar-refractivity contribution is 0.103. The van der Waals surface area contributed by atoms with E-state index in [9.17, 15) is 4.79 Å². The zero-order valence-electron chi connectivity index (χ0n) is 15.5. The highest BCUT2D eigenvalue weighted by Gasteiger charge is 2.24. The zero-order valence-corrected chi connectivity index (χ0v) is 15.5. The lowest BCUT2D eigenvalue weighted by Gasteiger charge is -2.28. The second-order valence-corrected chi connectivity index (χ2v) is 7.26. The van der Waals surface area contributed by atoms with Crippen molar-refractivity contribution >= 4 is 16.7 Å². The highest BCUT2D eigenvalue weighted by atomic mass is 16.5. The first kappa shape index (κ1) is 16.9. The molecule has 4 heteroatoms. The maximum atomic E-state index is 12.9. The lowest BCUT2D eigenvalue weighted by Crippen LogP contribution is -2.33. The highest BCUT2D eigenvalue weighted by molar-refractivity contribution is 6.10. The molecular weight excluding hydrogens is 324 g/mol. The molecule has 26 heavy (non-hydrogen) atoms. The van der Waals surface area contributed by atoms with E-state index in [-0.39, 0.29) is 5.78 Å². The van der Waals surface area contributed by atoms with Crippen molar-refractivity contribution in [3.05, 3.63) is 64.8 Å². The summed E-state index contributed by atoms with van der Waals surface area (Å²) >= 11 is 0. The Morgan fingerprint density at radius 2 is 1.85 bits per heavy atom. The van der Waals surface area contributed by atoms with Gasteiger partial charge in [-0.2, -0.15) is 0 Å². The van der Waals surface area contributed by atoms with E-state index in [4.69, 9.17) is 4.74 Å². The second kappa shape index (κ2) is 6.61. The van der Waals surface area contributed by atoms with Crippen LogP contribution in [0, 0.1) is 0 Å². The molecule has 1 aliphatic carbocycles. The number of methoxy groups -OCH3 is 1. The molecule has 1 heterocycles. The molecule has 0 saturated heterocycles. The van der Waals surface area contributed by atoms with Gasteiger partial charge in [-0.25, -0.2) is 0 Å². The van der Waals surface area contributed by atoms with E-state index in [2.05, 4.69) is 30.0 Å². The number of nitrogens with zero attached hydrogens (tertiary/aromatic N) is 1. The second-order valence-electron chi connectivity index (χ2n) is 7.26. The van der Waals surface area contributed by atoms with Gasteiger partial charge in [-0.05, 0) is 81.4 Å². The van der Waals surface area contributed by atoms with Crippen LogP contribution in [0.5, 0.6) is 5.75 Å². The number of ketones is 1. The topological polar surface area (TPSA) is 45.3 Å². The number of nitrogens with one attached hydrogen (secondary N) is 1. The van der Waals surface area contributed by atoms with Crippen LogP contribution in [0.15, 0.2) is 42.5 Å². The number of carbonyl (C=O) groups excluding carboxylic acids is 1. The normalized spacial score (nSPS) is 16.7. The minimum absolute atomic E-state index is 0.0458. The summed E-state index contributed by atoms with van der Waals surface area (Å²) < 4.78 is 5.17. The van der Waals surface area contributed by atoms with Crippen molar-refractivity contribution in [2.24, 2.45) is 0 Å². The number of carbonyl (C=O) groups is 1. The molecule has 134 valence electrons. The molecule has 1 aromatic heterocycles. The van der Waals surface area contributed by atoms with Gasteiger partial charge in [0, 0.05) is 33.8 Å². The van der Waals surface area contributed by atoms with E-state index in [1.165, 1.54) is 23.1 Å². The summed E-state index contributed by atoms with van der Waals surface area (Å²) in [6.45, 7) is 0. The number of H-pyrrole nitrogens is 1. The number of fused-ring (bicyclic) bond motifs is 3. The van der Waals surface area contributed by atoms with E-state index >= 15 is 0 Å². The van der Waals surface area contributed by atoms with Crippen LogP contribution >= 0.6 is 0 Å². The van der Waals surface area contributed by atoms with Gasteiger partial charge in [-0.15, -0.1) is 0 Å². The SMILES string of the molecule is COc1ccc(C(=O)c2ccc3[nH]c4c(c3c2)CC(N(C)C)CC4)cc1. The molecule has 0 aliphatic heterocycles. The molecule has 1 atom stereocenters. The fourth-order valence-electron chi connectivity index (χ4n) is 3.89. The Bertz CT molecular complexity index is 954. The highest BCUT2D eigenvalue weighted by Crippen LogP contribution is 2.31. The average molecular weight is 348 g/mol. The number of likely N-dealkylation sites (N-methyl/N-ethyl adjacent to an activating group) is 1. The number of rotatable bonds is 4. The predicted molar refractivity (Wildman–Crippen MR) is 104 cm³/mol. The number of hydrogen-bond acceptors (Lipinski definition) is 3. The molecule has 2 aromatic carbocycles. The van der Waals surface area contributed by atoms with Crippen molar-refractivity contribution < 1.29 is 9.53 Å². The van der Waals surface area contributed by atoms with Crippen molar-refractivity contribution in [2.75, 3.05) is 21.2 Å². The quantitative estimate of drug-likeness (QED) is 0.729. The number of aromatic amines is 1. The number of aryl methyl sites for hydroxylation is 1. The number of aromatic nitrogens is 1. The first-order valence-corrected chi connectivity index (χ1v) is 9.05. The molecule has 0 amide bonds. The van der Waals surface area contributed by atoms with Gasteiger partial charge >= 0.3 is 0 Å². The number of benzene rings is 2. The van der Waals surface area contributed by atoms with Gasteiger partial charge < -0.3 is 14.6 Å². The molecule has 1 unspecified atom stereocenters. The maximum Gasteiger partial charge on any atom is 0.193 e. The summed E-state index contributed by atoms with van der Waals surface area (Å²) in [6, 6.07) is 13.9. The fraction of sp³-hybridized carbons (Fsp3) is 0.318. The third kappa shape index (κ3) is 2.90. The molecule has 4 rings (SSSR count). The zero-order chi connectivity index (χ0) is 18.3. The smallest absolute Gasteiger partial charge is 0.193 e. The third-order valence-corrected chi connectivity index (χ3v) is 5.51. The molecule has 1 aliphatic rings. The first-order valence-electron chi connectivity index (χ1n) is 9.05. The van der Waals surface area contributed by atoms with E-state index in [1.807, 2.05) is 36.4 Å². The van der Waals surface area contributed by atoms with E-state index in [0.717, 1.165) is 29.7 Å². The van der Waals surface area contributed by atoms with E-state index < -0.39 is 0 Å². The molecule has 0 radical (unpaired) electrons. The van der Waals surface area contributed by atoms with Gasteiger partial charge in [0.15, 0.2) is 5.78 Å². The van der Waals surface area contributed by atoms with Gasteiger partial charge in [0.1, 0.15) is 5.75 Å². The summed E-state index contributed by atoms with van der Waals surface area (Å²) in [7, 11) is 5.91. The van der Waals surface area contributed by atoms with Gasteiger partial charge in [0.25, 0.3) is 0 Å². The molecular formula is C22H24N2O2. The van der Waals surface area contributed by atoms with Crippen LogP contribution in [0.1, 0.15) is 33.6 Å². The van der Waals surface area contributed by atoms with Crippen LogP contribution < -0.4 is 4.74 Å². The summed E-state index contributed by atoms with van der Waals surface area (Å²) in [5, 5.41) is 1.19. The van der Waals surface area contributed by atoms with Crippen LogP contribution in [0.2, 0.25) is 0 Å². The van der Waals surface area contributed by atoms with Gasteiger partial charge in [-0.1, -0.05) is 0 Å². The Balaban J connectivity index is 1.71. The summed E-state index contributed by atoms with van der Waals surface area (Å²) in [6.07, 6.45) is 3.27. The monoisotopic (exact) mass is 348 g/mol. The Morgan fingerprint density at radius 1 is 1.12 bits per heavy atom. The number of hydrogen-bond donors (Lipinski definition) is 1. The standard InChI is InChI=1S/C22H24N2O2/c1-24(2)16-7-11-21-19(13-16)18-12-15(6-10-20(18)23-21)22(25)14-4-8-17(26-3)9-5-14/h4-6,8-10,12,16,23H,7,11,13H2,1-3H3. The fourth-order valence-corrected chi connectivity index (χ4v) is 3.89. The van der Waals surface area contributed by atoms with E-state index in [0.29, 0.717) is 11.6 Å². The Hall–Kier alpha value is -2.59. The maximum absolute atomic E-state index is 12.9. The Morgan fingerprint density at radius 3 is 2.54 bits per heavy atom. The largest absolute Gasteiger partial charge is 0.497 e. The minimum Gasteiger partial charge on any atom is -0.497 e. The molecule has 0 saturated carbocycles. The number of ether oxygens (including phenoxy) is 1. The molecule has 0 bridgehead atoms. The lowest BCUT2D eigenvalue weighted by atomic mass is 9.90. The van der Waals surface area contributed by atoms with Crippen molar-refractivity contribution in [3.8, 4) is 5.75 Å². The predicted octanol–water partition coefficient (Wildman–Crippen LogP) is 3.83. The Labute approximate surface area is 153 Å². The Kier molecular flexibility index (Phi) is 4.29. The molecule has 1 N–H and O–H groups in total. The summed E-state index contributed by atoms with van der Waals surface area (Å²) in [5.41, 5.74) is 5.24. The van der Waals surface area contributed by atoms with Crippen LogP contribution in [0.3, 0.4) is 0 Å². The van der Waals surface area contributed by atoms with Crippen molar-refractivity contribution in [3.63, 3.8) is 0 Å². The van der Waals surface area contributed by atoms with Gasteiger partial charge in [-0.3, -0.25) is 4.79 Å². The molecule has 4 nitrogen and oxygen atoms in total. The molecule has 0 spiro atoms. The van der Waals surface area contributed by atoms with Crippen molar-refractivity contribution in [2.45, 2.75) is 25.3 Å². The third-order valence-electron chi connectivity index (χ3n) is 5.51. The van der Waals surface area contributed by atoms with Gasteiger partial charge in [0.2, 0.25) is 0 Å². The van der Waals surface area contributed by atoms with Crippen LogP contribution in [-0.4, -0.2) is 42.9 Å². The average Bonchev–Trinajstić information content (AvgIpc) is 3.04. The van der Waals surface area contributed by atoms with Gasteiger partial charge in [0.05, 0.1) is 7.11 Å². The molecule has 0 fully saturated rings. The first-order chi connectivity index (χ1) is 12.6. The van der Waals surface area contributed by atoms with Crippen LogP contribution in [0.25, 0.3) is 10.9 Å². The summed E-state index contributed by atoms with van der Waals surface area (Å²) in [4.78, 5) is 18.7. The van der Waals surface area contributed by atoms with E-state index in [1.54, 1.807) is 7.11 Å².